The second kappa shape index (κ2) is 15.2. The molecule has 3 unspecified atom stereocenters. The van der Waals surface area contributed by atoms with Crippen LogP contribution >= 0.6 is 7.14 Å². The maximum absolute atomic E-state index is 15.5. The molecule has 64 heavy (non-hydrogen) atoms. The number of halogens is 1. The van der Waals surface area contributed by atoms with Crippen molar-refractivity contribution in [2.45, 2.75) is 70.9 Å². The number of nitrogens with zero attached hydrogens (tertiary/aromatic N) is 7. The minimum absolute atomic E-state index is 0.0215. The molecule has 3 aromatic carbocycles. The normalized spacial score (nSPS) is 20.2. The van der Waals surface area contributed by atoms with Crippen molar-refractivity contribution in [2.75, 3.05) is 45.5 Å². The first-order valence-corrected chi connectivity index (χ1v) is 24.4. The molecule has 1 amide bonds. The number of H-pyrrole nitrogens is 1. The number of aromatic nitrogens is 7. The van der Waals surface area contributed by atoms with Crippen LogP contribution < -0.4 is 22.1 Å². The standard InChI is InChI=1S/C47H51FN9O6P/c1-26-20-34(21-27(2)41(26)48)57-42(55-17-16-54(46(55)60)33-9-11-39(64(6,7)61)36(24-33)49-5)40-29(4)53(15-12-35(40)51-57)43(58)38-23-32-22-31(30-13-18-62-19-14-30)8-10-37(32)56(38)47(25-28(47)3)44-50-45(59)63-52-44/h8-11,16-17,20-24,28-30,49H,12-15,18-19,25H2,1-7H3,(H,50,52,59). The zero-order valence-electron chi connectivity index (χ0n) is 36.9. The van der Waals surface area contributed by atoms with E-state index in [1.165, 1.54) is 14.7 Å². The van der Waals surface area contributed by atoms with Crippen LogP contribution in [-0.2, 0) is 21.3 Å². The smallest absolute Gasteiger partial charge is 0.387 e. The van der Waals surface area contributed by atoms with Crippen molar-refractivity contribution in [3.8, 4) is 17.2 Å². The largest absolute Gasteiger partial charge is 0.438 e. The molecule has 0 radical (unpaired) electrons. The van der Waals surface area contributed by atoms with Gasteiger partial charge in [0, 0.05) is 73.1 Å². The number of benzene rings is 3. The van der Waals surface area contributed by atoms with E-state index in [0.717, 1.165) is 23.7 Å². The lowest BCUT2D eigenvalue weighted by atomic mass is 9.91. The molecular weight excluding hydrogens is 837 g/mol. The number of anilines is 1. The number of fused-ring (bicyclic) bond motifs is 2. The fourth-order valence-electron chi connectivity index (χ4n) is 10.3. The lowest BCUT2D eigenvalue weighted by Gasteiger charge is -2.34. The lowest BCUT2D eigenvalue weighted by molar-refractivity contribution is 0.0663. The first kappa shape index (κ1) is 41.7. The Morgan fingerprint density at radius 1 is 0.969 bits per heavy atom. The van der Waals surface area contributed by atoms with E-state index in [4.69, 9.17) is 14.4 Å². The summed E-state index contributed by atoms with van der Waals surface area (Å²) < 4.78 is 45.7. The van der Waals surface area contributed by atoms with E-state index < -0.39 is 30.2 Å². The molecule has 3 aliphatic rings. The van der Waals surface area contributed by atoms with Crippen LogP contribution in [0.4, 0.5) is 10.1 Å². The minimum Gasteiger partial charge on any atom is -0.387 e. The molecule has 0 spiro atoms. The zero-order chi connectivity index (χ0) is 45.0. The van der Waals surface area contributed by atoms with Crippen LogP contribution in [0.1, 0.15) is 89.3 Å². The quantitative estimate of drug-likeness (QED) is 0.146. The van der Waals surface area contributed by atoms with Gasteiger partial charge in [-0.25, -0.2) is 18.7 Å². The van der Waals surface area contributed by atoms with Crippen molar-refractivity contribution in [1.82, 2.24) is 38.5 Å². The van der Waals surface area contributed by atoms with Crippen LogP contribution in [0, 0.1) is 25.6 Å². The predicted molar refractivity (Wildman–Crippen MR) is 242 cm³/mol. The van der Waals surface area contributed by atoms with E-state index in [2.05, 4.69) is 40.6 Å². The third kappa shape index (κ3) is 6.55. The molecule has 6 heterocycles. The second-order valence-corrected chi connectivity index (χ2v) is 21.3. The van der Waals surface area contributed by atoms with Gasteiger partial charge in [-0.2, -0.15) is 5.10 Å². The number of hydrogen-bond acceptors (Lipinski definition) is 9. The van der Waals surface area contributed by atoms with E-state index in [0.29, 0.717) is 101 Å². The Morgan fingerprint density at radius 2 is 1.69 bits per heavy atom. The number of ether oxygens (including phenoxy) is 1. The van der Waals surface area contributed by atoms with Crippen molar-refractivity contribution in [1.29, 1.82) is 0 Å². The molecule has 17 heteroatoms. The van der Waals surface area contributed by atoms with Gasteiger partial charge in [0.15, 0.2) is 5.82 Å². The highest BCUT2D eigenvalue weighted by Gasteiger charge is 2.59. The van der Waals surface area contributed by atoms with Gasteiger partial charge in [0.1, 0.15) is 30.0 Å². The highest BCUT2D eigenvalue weighted by molar-refractivity contribution is 7.70. The predicted octanol–water partition coefficient (Wildman–Crippen LogP) is 6.93. The van der Waals surface area contributed by atoms with Crippen LogP contribution in [0.5, 0.6) is 0 Å². The summed E-state index contributed by atoms with van der Waals surface area (Å²) in [5, 5.41) is 14.0. The second-order valence-electron chi connectivity index (χ2n) is 18.1. The third-order valence-electron chi connectivity index (χ3n) is 13.7. The van der Waals surface area contributed by atoms with Crippen molar-refractivity contribution in [3.05, 3.63) is 133 Å². The number of aryl methyl sites for hydroxylation is 2. The Balaban J connectivity index is 1.12. The first-order chi connectivity index (χ1) is 30.6. The summed E-state index contributed by atoms with van der Waals surface area (Å²) in [5.74, 6) is -0.0631. The molecule has 2 N–H and O–H groups in total. The maximum Gasteiger partial charge on any atom is 0.438 e. The molecular formula is C47H51FN9O6P. The topological polar surface area (TPSA) is 167 Å². The molecule has 2 aliphatic heterocycles. The number of nitrogens with one attached hydrogen (secondary N) is 2. The number of carbonyl (C=O) groups excluding carboxylic acids is 1. The van der Waals surface area contributed by atoms with Gasteiger partial charge in [0.2, 0.25) is 0 Å². The van der Waals surface area contributed by atoms with E-state index in [1.54, 1.807) is 81.6 Å². The SMILES string of the molecule is CNc1cc(-n2ccn(-c3c4c(nn3-c3cc(C)c(F)c(C)c3)CCN(C(=O)c3cc5cc(C6CCOCC6)ccc5n3C3(c5noc(=O)[nH]5)CC3C)C4C)c2=O)ccc1P(C)(C)=O. The Bertz CT molecular complexity index is 3170. The van der Waals surface area contributed by atoms with Crippen molar-refractivity contribution >= 4 is 34.9 Å². The highest BCUT2D eigenvalue weighted by atomic mass is 31.2. The van der Waals surface area contributed by atoms with E-state index in [1.807, 2.05) is 22.5 Å². The van der Waals surface area contributed by atoms with Gasteiger partial charge in [0.25, 0.3) is 5.91 Å². The molecule has 15 nitrogen and oxygen atoms in total. The fraction of sp³-hybridized carbons (Fsp3) is 0.383. The molecule has 1 saturated heterocycles. The maximum atomic E-state index is 15.5. The van der Waals surface area contributed by atoms with Crippen LogP contribution in [0.25, 0.3) is 28.1 Å². The molecule has 10 rings (SSSR count). The highest BCUT2D eigenvalue weighted by Crippen LogP contribution is 2.56. The molecule has 1 saturated carbocycles. The van der Waals surface area contributed by atoms with Crippen molar-refractivity contribution < 1.29 is 23.0 Å². The van der Waals surface area contributed by atoms with Crippen LogP contribution in [-0.4, -0.2) is 84.6 Å². The fourth-order valence-corrected chi connectivity index (χ4v) is 11.5. The van der Waals surface area contributed by atoms with E-state index >= 15 is 9.18 Å². The van der Waals surface area contributed by atoms with Crippen LogP contribution in [0.15, 0.2) is 81.1 Å². The summed E-state index contributed by atoms with van der Waals surface area (Å²) in [6, 6.07) is 16.5. The number of aromatic amines is 1. The lowest BCUT2D eigenvalue weighted by Crippen LogP contribution is -2.41. The molecule has 3 atom stereocenters. The summed E-state index contributed by atoms with van der Waals surface area (Å²) in [4.78, 5) is 47.3. The first-order valence-electron chi connectivity index (χ1n) is 21.8. The van der Waals surface area contributed by atoms with Crippen LogP contribution in [0.3, 0.4) is 0 Å². The minimum atomic E-state index is -2.64. The summed E-state index contributed by atoms with van der Waals surface area (Å²) in [7, 11) is -0.884. The van der Waals surface area contributed by atoms with Crippen LogP contribution in [0.2, 0.25) is 0 Å². The molecule has 1 aliphatic carbocycles. The Kier molecular flexibility index (Phi) is 9.91. The summed E-state index contributed by atoms with van der Waals surface area (Å²) in [6.45, 7) is 12.6. The third-order valence-corrected chi connectivity index (χ3v) is 15.3. The van der Waals surface area contributed by atoms with Crippen molar-refractivity contribution in [3.63, 3.8) is 0 Å². The average Bonchev–Trinajstić information content (AvgIpc) is 3.77. The van der Waals surface area contributed by atoms with Gasteiger partial charge in [-0.05, 0) is 130 Å². The van der Waals surface area contributed by atoms with Gasteiger partial charge in [-0.15, -0.1) is 0 Å². The monoisotopic (exact) mass is 887 g/mol. The summed E-state index contributed by atoms with van der Waals surface area (Å²) >= 11 is 0. The van der Waals surface area contributed by atoms with Gasteiger partial charge >= 0.3 is 11.4 Å². The number of carbonyl (C=O) groups is 1. The van der Waals surface area contributed by atoms with Gasteiger partial charge in [-0.1, -0.05) is 18.1 Å². The van der Waals surface area contributed by atoms with E-state index in [9.17, 15) is 14.2 Å². The zero-order valence-corrected chi connectivity index (χ0v) is 37.8. The molecule has 332 valence electrons. The average molecular weight is 888 g/mol. The summed E-state index contributed by atoms with van der Waals surface area (Å²) in [6.07, 6.45) is 6.19. The Morgan fingerprint density at radius 3 is 2.34 bits per heavy atom. The van der Waals surface area contributed by atoms with Crippen molar-refractivity contribution in [2.24, 2.45) is 5.92 Å². The number of hydrogen-bond donors (Lipinski definition) is 2. The number of amides is 1. The molecule has 7 aromatic rings. The Labute approximate surface area is 368 Å². The molecule has 2 fully saturated rings. The van der Waals surface area contributed by atoms with Gasteiger partial charge < -0.3 is 24.1 Å². The van der Waals surface area contributed by atoms with Gasteiger partial charge in [-0.3, -0.25) is 23.4 Å². The van der Waals surface area contributed by atoms with Gasteiger partial charge in [0.05, 0.1) is 23.1 Å². The number of rotatable bonds is 9. The Hall–Kier alpha value is -6.25. The molecule has 0 bridgehead atoms. The summed E-state index contributed by atoms with van der Waals surface area (Å²) in [5.41, 5.74) is 5.29. The molecule has 4 aromatic heterocycles. The van der Waals surface area contributed by atoms with E-state index in [-0.39, 0.29) is 17.6 Å². The number of imidazole rings is 1.